The highest BCUT2D eigenvalue weighted by atomic mass is 16.5. The molecule has 0 aliphatic heterocycles. The van der Waals surface area contributed by atoms with E-state index in [4.69, 9.17) is 9.47 Å². The number of nitrogens with one attached hydrogen (secondary N) is 1. The third-order valence-corrected chi connectivity index (χ3v) is 2.66. The van der Waals surface area contributed by atoms with Crippen molar-refractivity contribution in [1.29, 1.82) is 0 Å². The minimum atomic E-state index is 0.180. The van der Waals surface area contributed by atoms with E-state index < -0.39 is 0 Å². The number of hydrogen-bond donors (Lipinski definition) is 1. The van der Waals surface area contributed by atoms with Gasteiger partial charge in [-0.3, -0.25) is 0 Å². The lowest BCUT2D eigenvalue weighted by molar-refractivity contribution is -0.00539. The Kier molecular flexibility index (Phi) is 8.14. The van der Waals surface area contributed by atoms with Crippen molar-refractivity contribution in [3.05, 3.63) is 0 Å². The average molecular weight is 203 g/mol. The Labute approximate surface area is 88.2 Å². The first-order valence-electron chi connectivity index (χ1n) is 5.43. The zero-order valence-corrected chi connectivity index (χ0v) is 10.2. The van der Waals surface area contributed by atoms with Crippen LogP contribution in [0.4, 0.5) is 0 Å². The Bertz CT molecular complexity index is 130. The second kappa shape index (κ2) is 8.21. The van der Waals surface area contributed by atoms with Gasteiger partial charge in [-0.1, -0.05) is 20.3 Å². The Morgan fingerprint density at radius 1 is 1.21 bits per heavy atom. The molecular weight excluding hydrogens is 178 g/mol. The van der Waals surface area contributed by atoms with Crippen LogP contribution in [0.5, 0.6) is 0 Å². The van der Waals surface area contributed by atoms with E-state index in [1.807, 2.05) is 14.0 Å². The number of hydrogen-bond acceptors (Lipinski definition) is 3. The van der Waals surface area contributed by atoms with Gasteiger partial charge in [-0.15, -0.1) is 0 Å². The molecule has 0 saturated heterocycles. The van der Waals surface area contributed by atoms with Gasteiger partial charge in [-0.25, -0.2) is 0 Å². The van der Waals surface area contributed by atoms with Crippen LogP contribution in [0.25, 0.3) is 0 Å². The molecule has 86 valence electrons. The van der Waals surface area contributed by atoms with Gasteiger partial charge in [-0.05, 0) is 19.9 Å². The summed E-state index contributed by atoms with van der Waals surface area (Å²) in [5.74, 6) is 0.648. The number of methoxy groups -OCH3 is 1. The highest BCUT2D eigenvalue weighted by molar-refractivity contribution is 4.70. The van der Waals surface area contributed by atoms with Crippen LogP contribution < -0.4 is 5.32 Å². The zero-order chi connectivity index (χ0) is 11.0. The molecule has 3 unspecified atom stereocenters. The predicted molar refractivity (Wildman–Crippen MR) is 59.6 cm³/mol. The van der Waals surface area contributed by atoms with Crippen molar-refractivity contribution in [2.45, 2.75) is 39.3 Å². The van der Waals surface area contributed by atoms with Crippen molar-refractivity contribution in [3.8, 4) is 0 Å². The molecule has 0 amide bonds. The molecule has 0 aliphatic carbocycles. The monoisotopic (exact) mass is 203 g/mol. The number of rotatable bonds is 8. The van der Waals surface area contributed by atoms with Crippen molar-refractivity contribution in [1.82, 2.24) is 5.32 Å². The Morgan fingerprint density at radius 3 is 2.29 bits per heavy atom. The Hall–Kier alpha value is -0.120. The van der Waals surface area contributed by atoms with E-state index >= 15 is 0 Å². The molecule has 0 aromatic heterocycles. The normalized spacial score (nSPS) is 17.8. The molecule has 0 spiro atoms. The lowest BCUT2D eigenvalue weighted by Gasteiger charge is -2.24. The van der Waals surface area contributed by atoms with Crippen molar-refractivity contribution >= 4 is 0 Å². The average Bonchev–Trinajstić information content (AvgIpc) is 2.18. The molecular formula is C11H25NO2. The molecule has 0 aliphatic rings. The van der Waals surface area contributed by atoms with E-state index in [9.17, 15) is 0 Å². The van der Waals surface area contributed by atoms with Crippen molar-refractivity contribution in [2.24, 2.45) is 5.92 Å². The molecule has 14 heavy (non-hydrogen) atoms. The van der Waals surface area contributed by atoms with Gasteiger partial charge in [0, 0.05) is 13.2 Å². The number of ether oxygens (including phenoxy) is 2. The standard InChI is InChI=1S/C11H25NO2/c1-6-9(2)11(12-4)8-14-10(3)7-13-5/h9-12H,6-8H2,1-5H3. The summed E-state index contributed by atoms with van der Waals surface area (Å²) in [5, 5.41) is 3.28. The summed E-state index contributed by atoms with van der Waals surface area (Å²) in [6, 6.07) is 0.444. The van der Waals surface area contributed by atoms with Gasteiger partial charge >= 0.3 is 0 Å². The topological polar surface area (TPSA) is 30.5 Å². The van der Waals surface area contributed by atoms with E-state index in [2.05, 4.69) is 19.2 Å². The fourth-order valence-corrected chi connectivity index (χ4v) is 1.37. The largest absolute Gasteiger partial charge is 0.382 e. The van der Waals surface area contributed by atoms with Gasteiger partial charge in [0.1, 0.15) is 0 Å². The van der Waals surface area contributed by atoms with Gasteiger partial charge in [0.15, 0.2) is 0 Å². The summed E-state index contributed by atoms with van der Waals surface area (Å²) >= 11 is 0. The summed E-state index contributed by atoms with van der Waals surface area (Å²) in [7, 11) is 3.69. The van der Waals surface area contributed by atoms with Crippen LogP contribution in [-0.4, -0.2) is 39.5 Å². The lowest BCUT2D eigenvalue weighted by atomic mass is 10.0. The summed E-state index contributed by atoms with van der Waals surface area (Å²) in [6.07, 6.45) is 1.35. The molecule has 0 radical (unpaired) electrons. The van der Waals surface area contributed by atoms with Crippen LogP contribution in [-0.2, 0) is 9.47 Å². The third-order valence-electron chi connectivity index (χ3n) is 2.66. The van der Waals surface area contributed by atoms with Crippen LogP contribution in [0.2, 0.25) is 0 Å². The van der Waals surface area contributed by atoms with Crippen LogP contribution in [0, 0.1) is 5.92 Å². The van der Waals surface area contributed by atoms with Crippen LogP contribution in [0.1, 0.15) is 27.2 Å². The second-order valence-corrected chi connectivity index (χ2v) is 3.88. The maximum absolute atomic E-state index is 5.67. The van der Waals surface area contributed by atoms with E-state index in [1.54, 1.807) is 7.11 Å². The summed E-state index contributed by atoms with van der Waals surface area (Å²) in [5.41, 5.74) is 0. The van der Waals surface area contributed by atoms with Crippen LogP contribution in [0.15, 0.2) is 0 Å². The molecule has 0 aromatic rings. The van der Waals surface area contributed by atoms with Gasteiger partial charge in [0.25, 0.3) is 0 Å². The molecule has 3 atom stereocenters. The molecule has 3 heteroatoms. The van der Waals surface area contributed by atoms with E-state index in [1.165, 1.54) is 6.42 Å². The van der Waals surface area contributed by atoms with Crippen LogP contribution >= 0.6 is 0 Å². The fourth-order valence-electron chi connectivity index (χ4n) is 1.37. The van der Waals surface area contributed by atoms with E-state index in [-0.39, 0.29) is 6.10 Å². The maximum atomic E-state index is 5.67. The minimum Gasteiger partial charge on any atom is -0.382 e. The molecule has 0 heterocycles. The summed E-state index contributed by atoms with van der Waals surface area (Å²) < 4.78 is 10.7. The van der Waals surface area contributed by atoms with Crippen molar-refractivity contribution in [3.63, 3.8) is 0 Å². The first-order chi connectivity index (χ1) is 6.65. The van der Waals surface area contributed by atoms with Crippen LogP contribution in [0.3, 0.4) is 0 Å². The first kappa shape index (κ1) is 13.9. The summed E-state index contributed by atoms with van der Waals surface area (Å²) in [4.78, 5) is 0. The molecule has 0 fully saturated rings. The van der Waals surface area contributed by atoms with Gasteiger partial charge < -0.3 is 14.8 Å². The van der Waals surface area contributed by atoms with Crippen molar-refractivity contribution in [2.75, 3.05) is 27.4 Å². The quantitative estimate of drug-likeness (QED) is 0.651. The Morgan fingerprint density at radius 2 is 1.86 bits per heavy atom. The number of likely N-dealkylation sites (N-methyl/N-ethyl adjacent to an activating group) is 1. The van der Waals surface area contributed by atoms with Gasteiger partial charge in [-0.2, -0.15) is 0 Å². The first-order valence-corrected chi connectivity index (χ1v) is 5.43. The van der Waals surface area contributed by atoms with Gasteiger partial charge in [0.05, 0.1) is 19.3 Å². The molecule has 1 N–H and O–H groups in total. The highest BCUT2D eigenvalue weighted by Gasteiger charge is 2.14. The maximum Gasteiger partial charge on any atom is 0.0781 e. The smallest absolute Gasteiger partial charge is 0.0781 e. The SMILES string of the molecule is CCC(C)C(COC(C)COC)NC. The van der Waals surface area contributed by atoms with Gasteiger partial charge in [0.2, 0.25) is 0 Å². The molecule has 0 bridgehead atoms. The molecule has 0 rings (SSSR count). The summed E-state index contributed by atoms with van der Waals surface area (Å²) in [6.45, 7) is 7.90. The third kappa shape index (κ3) is 5.58. The molecule has 0 aromatic carbocycles. The minimum absolute atomic E-state index is 0.180. The lowest BCUT2D eigenvalue weighted by Crippen LogP contribution is -2.37. The van der Waals surface area contributed by atoms with E-state index in [0.29, 0.717) is 18.6 Å². The Balaban J connectivity index is 3.71. The molecule has 0 saturated carbocycles. The second-order valence-electron chi connectivity index (χ2n) is 3.88. The highest BCUT2D eigenvalue weighted by Crippen LogP contribution is 2.08. The van der Waals surface area contributed by atoms with E-state index in [0.717, 1.165) is 6.61 Å². The fraction of sp³-hybridized carbons (Fsp3) is 1.00. The molecule has 3 nitrogen and oxygen atoms in total. The zero-order valence-electron chi connectivity index (χ0n) is 10.2. The van der Waals surface area contributed by atoms with Crippen molar-refractivity contribution < 1.29 is 9.47 Å². The predicted octanol–water partition coefficient (Wildman–Crippen LogP) is 1.67.